The molecule has 1 saturated heterocycles. The third-order valence-electron chi connectivity index (χ3n) is 3.17. The fourth-order valence-corrected chi connectivity index (χ4v) is 2.14. The van der Waals surface area contributed by atoms with Gasteiger partial charge in [0.15, 0.2) is 0 Å². The van der Waals surface area contributed by atoms with Crippen LogP contribution < -0.4 is 5.32 Å². The van der Waals surface area contributed by atoms with Gasteiger partial charge in [0.1, 0.15) is 5.75 Å². The summed E-state index contributed by atoms with van der Waals surface area (Å²) < 4.78 is 5.20. The van der Waals surface area contributed by atoms with Crippen LogP contribution in [-0.2, 0) is 16.0 Å². The normalized spacial score (nSPS) is 20.6. The zero-order valence-corrected chi connectivity index (χ0v) is 10.6. The summed E-state index contributed by atoms with van der Waals surface area (Å²) in [5, 5.41) is 12.2. The molecule has 1 aliphatic heterocycles. The van der Waals surface area contributed by atoms with Crippen LogP contribution in [0.5, 0.6) is 5.75 Å². The van der Waals surface area contributed by atoms with Crippen molar-refractivity contribution in [1.82, 2.24) is 5.32 Å². The van der Waals surface area contributed by atoms with Gasteiger partial charge in [-0.15, -0.1) is 0 Å². The molecule has 1 aromatic carbocycles. The molecule has 1 aromatic rings. The largest absolute Gasteiger partial charge is 0.508 e. The van der Waals surface area contributed by atoms with Crippen molar-refractivity contribution in [3.05, 3.63) is 29.8 Å². The van der Waals surface area contributed by atoms with Crippen molar-refractivity contribution in [1.29, 1.82) is 0 Å². The molecular weight excluding hydrogens is 230 g/mol. The highest BCUT2D eigenvalue weighted by atomic mass is 16.5. The van der Waals surface area contributed by atoms with E-state index < -0.39 is 0 Å². The average Bonchev–Trinajstić information content (AvgIpc) is 2.85. The summed E-state index contributed by atoms with van der Waals surface area (Å²) in [6, 6.07) is 7.15. The SMILES string of the molecule is C[C@@H](Cc1ccc(O)cc1)NC(=O)[C@@H]1CCOC1. The molecule has 1 aliphatic rings. The van der Waals surface area contributed by atoms with E-state index in [0.29, 0.717) is 13.2 Å². The lowest BCUT2D eigenvalue weighted by Gasteiger charge is -2.16. The Hall–Kier alpha value is -1.55. The van der Waals surface area contributed by atoms with Crippen molar-refractivity contribution in [2.45, 2.75) is 25.8 Å². The highest BCUT2D eigenvalue weighted by Gasteiger charge is 2.24. The number of carbonyl (C=O) groups excluding carboxylic acids is 1. The van der Waals surface area contributed by atoms with Crippen molar-refractivity contribution in [3.8, 4) is 5.75 Å². The molecule has 2 N–H and O–H groups in total. The maximum Gasteiger partial charge on any atom is 0.225 e. The first-order valence-corrected chi connectivity index (χ1v) is 6.31. The van der Waals surface area contributed by atoms with E-state index in [1.165, 1.54) is 0 Å². The van der Waals surface area contributed by atoms with Crippen LogP contribution in [0.3, 0.4) is 0 Å². The van der Waals surface area contributed by atoms with E-state index in [1.54, 1.807) is 12.1 Å². The zero-order chi connectivity index (χ0) is 13.0. The van der Waals surface area contributed by atoms with Crippen LogP contribution in [0.15, 0.2) is 24.3 Å². The number of rotatable bonds is 4. The van der Waals surface area contributed by atoms with Crippen LogP contribution in [0.4, 0.5) is 0 Å². The second kappa shape index (κ2) is 5.87. The van der Waals surface area contributed by atoms with Crippen molar-refractivity contribution < 1.29 is 14.6 Å². The van der Waals surface area contributed by atoms with Crippen molar-refractivity contribution in [2.75, 3.05) is 13.2 Å². The van der Waals surface area contributed by atoms with Gasteiger partial charge in [0.25, 0.3) is 0 Å². The Morgan fingerprint density at radius 3 is 2.83 bits per heavy atom. The topological polar surface area (TPSA) is 58.6 Å². The molecular formula is C14H19NO3. The van der Waals surface area contributed by atoms with Gasteiger partial charge in [-0.1, -0.05) is 12.1 Å². The summed E-state index contributed by atoms with van der Waals surface area (Å²) in [6.45, 7) is 3.21. The number of aromatic hydroxyl groups is 1. The van der Waals surface area contributed by atoms with Gasteiger partial charge in [-0.3, -0.25) is 4.79 Å². The van der Waals surface area contributed by atoms with Gasteiger partial charge in [-0.25, -0.2) is 0 Å². The van der Waals surface area contributed by atoms with Crippen LogP contribution in [0, 0.1) is 5.92 Å². The van der Waals surface area contributed by atoms with E-state index in [-0.39, 0.29) is 23.6 Å². The van der Waals surface area contributed by atoms with Crippen molar-refractivity contribution in [2.24, 2.45) is 5.92 Å². The monoisotopic (exact) mass is 249 g/mol. The lowest BCUT2D eigenvalue weighted by Crippen LogP contribution is -2.38. The van der Waals surface area contributed by atoms with Gasteiger partial charge in [-0.2, -0.15) is 0 Å². The molecule has 0 aromatic heterocycles. The molecule has 18 heavy (non-hydrogen) atoms. The minimum Gasteiger partial charge on any atom is -0.508 e. The van der Waals surface area contributed by atoms with E-state index in [4.69, 9.17) is 4.74 Å². The van der Waals surface area contributed by atoms with E-state index in [9.17, 15) is 9.90 Å². The van der Waals surface area contributed by atoms with Gasteiger partial charge < -0.3 is 15.2 Å². The van der Waals surface area contributed by atoms with Crippen LogP contribution in [0.25, 0.3) is 0 Å². The standard InChI is InChI=1S/C14H19NO3/c1-10(8-11-2-4-13(16)5-3-11)15-14(17)12-6-7-18-9-12/h2-5,10,12,16H,6-9H2,1H3,(H,15,17)/t10-,12+/m0/s1. The number of phenolic OH excluding ortho intramolecular Hbond substituents is 1. The van der Waals surface area contributed by atoms with E-state index >= 15 is 0 Å². The Balaban J connectivity index is 1.82. The number of phenols is 1. The van der Waals surface area contributed by atoms with Crippen molar-refractivity contribution >= 4 is 5.91 Å². The predicted molar refractivity (Wildman–Crippen MR) is 68.3 cm³/mol. The molecule has 98 valence electrons. The first kappa shape index (κ1) is 12.9. The van der Waals surface area contributed by atoms with Gasteiger partial charge in [0, 0.05) is 12.6 Å². The molecule has 2 rings (SSSR count). The molecule has 0 bridgehead atoms. The number of ether oxygens (including phenoxy) is 1. The number of benzene rings is 1. The van der Waals surface area contributed by atoms with Gasteiger partial charge >= 0.3 is 0 Å². The average molecular weight is 249 g/mol. The number of hydrogen-bond acceptors (Lipinski definition) is 3. The molecule has 4 nitrogen and oxygen atoms in total. The van der Waals surface area contributed by atoms with E-state index in [2.05, 4.69) is 5.32 Å². The number of carbonyl (C=O) groups is 1. The quantitative estimate of drug-likeness (QED) is 0.849. The maximum atomic E-state index is 11.9. The Morgan fingerprint density at radius 2 is 2.22 bits per heavy atom. The maximum absolute atomic E-state index is 11.9. The van der Waals surface area contributed by atoms with E-state index in [1.807, 2.05) is 19.1 Å². The number of amides is 1. The third kappa shape index (κ3) is 3.47. The smallest absolute Gasteiger partial charge is 0.225 e. The minimum absolute atomic E-state index is 0.00673. The van der Waals surface area contributed by atoms with Crippen LogP contribution in [-0.4, -0.2) is 30.3 Å². The molecule has 4 heteroatoms. The highest BCUT2D eigenvalue weighted by Crippen LogP contribution is 2.14. The summed E-state index contributed by atoms with van der Waals surface area (Å²) in [5.74, 6) is 0.351. The van der Waals surface area contributed by atoms with Crippen LogP contribution >= 0.6 is 0 Å². The molecule has 0 aliphatic carbocycles. The second-order valence-electron chi connectivity index (χ2n) is 4.84. The lowest BCUT2D eigenvalue weighted by atomic mass is 10.0. The lowest BCUT2D eigenvalue weighted by molar-refractivity contribution is -0.125. The predicted octanol–water partition coefficient (Wildman–Crippen LogP) is 1.48. The van der Waals surface area contributed by atoms with Crippen LogP contribution in [0.1, 0.15) is 18.9 Å². The van der Waals surface area contributed by atoms with Crippen molar-refractivity contribution in [3.63, 3.8) is 0 Å². The first-order chi connectivity index (χ1) is 8.65. The summed E-state index contributed by atoms with van der Waals surface area (Å²) >= 11 is 0. The Bertz CT molecular complexity index is 396. The molecule has 1 heterocycles. The van der Waals surface area contributed by atoms with E-state index in [0.717, 1.165) is 18.4 Å². The summed E-state index contributed by atoms with van der Waals surface area (Å²) in [5.41, 5.74) is 1.10. The summed E-state index contributed by atoms with van der Waals surface area (Å²) in [7, 11) is 0. The molecule has 2 atom stereocenters. The highest BCUT2D eigenvalue weighted by molar-refractivity contribution is 5.79. The zero-order valence-electron chi connectivity index (χ0n) is 10.6. The molecule has 1 amide bonds. The van der Waals surface area contributed by atoms with Gasteiger partial charge in [0.05, 0.1) is 12.5 Å². The molecule has 1 fully saturated rings. The fourth-order valence-electron chi connectivity index (χ4n) is 2.14. The molecule has 0 radical (unpaired) electrons. The molecule has 0 unspecified atom stereocenters. The van der Waals surface area contributed by atoms with Gasteiger partial charge in [0.2, 0.25) is 5.91 Å². The number of nitrogens with one attached hydrogen (secondary N) is 1. The van der Waals surface area contributed by atoms with Crippen LogP contribution in [0.2, 0.25) is 0 Å². The van der Waals surface area contributed by atoms with Gasteiger partial charge in [-0.05, 0) is 37.5 Å². The third-order valence-corrected chi connectivity index (χ3v) is 3.17. The summed E-state index contributed by atoms with van der Waals surface area (Å²) in [6.07, 6.45) is 1.58. The number of hydrogen-bond donors (Lipinski definition) is 2. The Kier molecular flexibility index (Phi) is 4.20. The molecule has 0 spiro atoms. The fraction of sp³-hybridized carbons (Fsp3) is 0.500. The molecule has 0 saturated carbocycles. The Morgan fingerprint density at radius 1 is 1.50 bits per heavy atom. The Labute approximate surface area is 107 Å². The summed E-state index contributed by atoms with van der Waals surface area (Å²) in [4.78, 5) is 11.9. The first-order valence-electron chi connectivity index (χ1n) is 6.31. The second-order valence-corrected chi connectivity index (χ2v) is 4.84. The minimum atomic E-state index is 0.00673.